The van der Waals surface area contributed by atoms with Gasteiger partial charge in [0, 0.05) is 6.20 Å². The molecule has 0 unspecified atom stereocenters. The first kappa shape index (κ1) is 13.8. The Hall–Kier alpha value is -2.18. The number of primary amides is 1. The number of hydrogen-bond donors (Lipinski definition) is 2. The van der Waals surface area contributed by atoms with E-state index < -0.39 is 5.91 Å². The molecule has 5 nitrogen and oxygen atoms in total. The highest BCUT2D eigenvalue weighted by atomic mass is 35.5. The van der Waals surface area contributed by atoms with Gasteiger partial charge in [-0.25, -0.2) is 9.97 Å². The number of fused-ring (bicyclic) bond motifs is 1. The third-order valence-electron chi connectivity index (χ3n) is 2.87. The number of halogens is 1. The molecular weight excluding hydrogens is 308 g/mol. The molecule has 0 aliphatic carbocycles. The molecule has 0 bridgehead atoms. The molecule has 7 heteroatoms. The van der Waals surface area contributed by atoms with Gasteiger partial charge in [-0.3, -0.25) is 4.79 Å². The monoisotopic (exact) mass is 318 g/mol. The number of aromatic nitrogens is 2. The molecule has 0 atom stereocenters. The molecule has 0 fully saturated rings. The van der Waals surface area contributed by atoms with Crippen LogP contribution in [-0.4, -0.2) is 15.9 Å². The second-order valence-corrected chi connectivity index (χ2v) is 5.87. The zero-order chi connectivity index (χ0) is 14.8. The molecule has 0 aliphatic heterocycles. The van der Waals surface area contributed by atoms with Gasteiger partial charge in [0.25, 0.3) is 0 Å². The summed E-state index contributed by atoms with van der Waals surface area (Å²) in [5, 5.41) is 4.40. The van der Waals surface area contributed by atoms with Crippen LogP contribution in [0.3, 0.4) is 0 Å². The van der Waals surface area contributed by atoms with Gasteiger partial charge < -0.3 is 11.1 Å². The number of nitrogens with one attached hydrogen (secondary N) is 1. The van der Waals surface area contributed by atoms with Crippen molar-refractivity contribution in [2.24, 2.45) is 5.73 Å². The summed E-state index contributed by atoms with van der Waals surface area (Å²) in [6.45, 7) is 0.516. The number of anilines is 1. The molecule has 0 saturated carbocycles. The van der Waals surface area contributed by atoms with Crippen molar-refractivity contribution in [2.45, 2.75) is 6.54 Å². The minimum atomic E-state index is -0.554. The first-order chi connectivity index (χ1) is 10.1. The van der Waals surface area contributed by atoms with Gasteiger partial charge in [0.1, 0.15) is 10.8 Å². The first-order valence-electron chi connectivity index (χ1n) is 6.17. The van der Waals surface area contributed by atoms with E-state index in [1.807, 2.05) is 24.3 Å². The molecule has 0 aliphatic rings. The maximum absolute atomic E-state index is 11.0. The number of benzene rings is 1. The van der Waals surface area contributed by atoms with E-state index in [1.165, 1.54) is 12.3 Å². The van der Waals surface area contributed by atoms with Crippen LogP contribution in [0.4, 0.5) is 5.82 Å². The largest absolute Gasteiger partial charge is 0.366 e. The summed E-state index contributed by atoms with van der Waals surface area (Å²) in [6.07, 6.45) is 1.40. The summed E-state index contributed by atoms with van der Waals surface area (Å²) in [4.78, 5) is 19.7. The van der Waals surface area contributed by atoms with Crippen molar-refractivity contribution in [3.8, 4) is 0 Å². The van der Waals surface area contributed by atoms with Gasteiger partial charge in [-0.05, 0) is 18.2 Å². The molecule has 3 rings (SSSR count). The maximum atomic E-state index is 11.0. The maximum Gasteiger partial charge on any atom is 0.250 e. The lowest BCUT2D eigenvalue weighted by Gasteiger charge is -2.06. The molecule has 21 heavy (non-hydrogen) atoms. The topological polar surface area (TPSA) is 80.9 Å². The van der Waals surface area contributed by atoms with Crippen molar-refractivity contribution < 1.29 is 4.79 Å². The van der Waals surface area contributed by atoms with E-state index in [0.29, 0.717) is 17.4 Å². The number of carbonyl (C=O) groups is 1. The Balaban J connectivity index is 1.76. The molecule has 3 N–H and O–H groups in total. The Morgan fingerprint density at radius 2 is 2.19 bits per heavy atom. The van der Waals surface area contributed by atoms with Crippen LogP contribution in [0.5, 0.6) is 0 Å². The number of pyridine rings is 1. The summed E-state index contributed by atoms with van der Waals surface area (Å²) in [7, 11) is 0. The van der Waals surface area contributed by atoms with Crippen molar-refractivity contribution in [3.63, 3.8) is 0 Å². The van der Waals surface area contributed by atoms with E-state index in [2.05, 4.69) is 15.3 Å². The Bertz CT molecular complexity index is 785. The van der Waals surface area contributed by atoms with Gasteiger partial charge in [-0.15, -0.1) is 11.3 Å². The van der Waals surface area contributed by atoms with Crippen LogP contribution in [0.25, 0.3) is 10.2 Å². The quantitative estimate of drug-likeness (QED) is 0.774. The molecule has 1 amide bonds. The molecular formula is C14H11ClN4OS. The Kier molecular flexibility index (Phi) is 3.72. The van der Waals surface area contributed by atoms with E-state index >= 15 is 0 Å². The number of nitrogens with zero attached hydrogens (tertiary/aromatic N) is 2. The molecule has 2 heterocycles. The Morgan fingerprint density at radius 3 is 2.90 bits per heavy atom. The second kappa shape index (κ2) is 5.67. The molecule has 2 aromatic heterocycles. The third-order valence-corrected chi connectivity index (χ3v) is 4.20. The van der Waals surface area contributed by atoms with E-state index in [9.17, 15) is 4.79 Å². The standard InChI is InChI=1S/C14H11ClN4OS/c15-9-5-8(13(16)20)6-17-14(9)18-7-12-19-10-3-1-2-4-11(10)21-12/h1-6H,7H2,(H2,16,20)(H,17,18). The SMILES string of the molecule is NC(=O)c1cnc(NCc2nc3ccccc3s2)c(Cl)c1. The minimum Gasteiger partial charge on any atom is -0.366 e. The van der Waals surface area contributed by atoms with Crippen LogP contribution in [0.1, 0.15) is 15.4 Å². The van der Waals surface area contributed by atoms with Gasteiger partial charge in [-0.1, -0.05) is 23.7 Å². The Labute approximate surface area is 129 Å². The van der Waals surface area contributed by atoms with Gasteiger partial charge >= 0.3 is 0 Å². The lowest BCUT2D eigenvalue weighted by atomic mass is 10.3. The zero-order valence-electron chi connectivity index (χ0n) is 10.8. The van der Waals surface area contributed by atoms with Crippen LogP contribution in [0.2, 0.25) is 5.02 Å². The van der Waals surface area contributed by atoms with Gasteiger partial charge in [0.05, 0.1) is 27.3 Å². The average molecular weight is 319 g/mol. The molecule has 1 aromatic carbocycles. The molecule has 0 saturated heterocycles. The normalized spacial score (nSPS) is 10.7. The minimum absolute atomic E-state index is 0.283. The number of rotatable bonds is 4. The summed E-state index contributed by atoms with van der Waals surface area (Å²) >= 11 is 7.68. The average Bonchev–Trinajstić information content (AvgIpc) is 2.88. The predicted octanol–water partition coefficient (Wildman–Crippen LogP) is 3.06. The van der Waals surface area contributed by atoms with E-state index in [0.717, 1.165) is 15.2 Å². The van der Waals surface area contributed by atoms with Crippen LogP contribution in [0.15, 0.2) is 36.5 Å². The number of nitrogens with two attached hydrogens (primary N) is 1. The van der Waals surface area contributed by atoms with Crippen LogP contribution < -0.4 is 11.1 Å². The number of carbonyl (C=O) groups excluding carboxylic acids is 1. The van der Waals surface area contributed by atoms with Crippen LogP contribution in [-0.2, 0) is 6.54 Å². The summed E-state index contributed by atoms with van der Waals surface area (Å²) in [6, 6.07) is 9.45. The van der Waals surface area contributed by atoms with Gasteiger partial charge in [0.2, 0.25) is 5.91 Å². The van der Waals surface area contributed by atoms with Crippen molar-refractivity contribution in [3.05, 3.63) is 52.1 Å². The number of hydrogen-bond acceptors (Lipinski definition) is 5. The highest BCUT2D eigenvalue weighted by molar-refractivity contribution is 7.18. The molecule has 0 radical (unpaired) electrons. The number of thiazole rings is 1. The van der Waals surface area contributed by atoms with Crippen molar-refractivity contribution in [2.75, 3.05) is 5.32 Å². The predicted molar refractivity (Wildman–Crippen MR) is 84.7 cm³/mol. The lowest BCUT2D eigenvalue weighted by Crippen LogP contribution is -2.12. The van der Waals surface area contributed by atoms with Crippen LogP contribution in [0, 0.1) is 0 Å². The number of amides is 1. The highest BCUT2D eigenvalue weighted by Gasteiger charge is 2.08. The fourth-order valence-electron chi connectivity index (χ4n) is 1.86. The van der Waals surface area contributed by atoms with Gasteiger partial charge in [0.15, 0.2) is 0 Å². The fraction of sp³-hybridized carbons (Fsp3) is 0.0714. The smallest absolute Gasteiger partial charge is 0.250 e. The fourth-order valence-corrected chi connectivity index (χ4v) is 3.00. The van der Waals surface area contributed by atoms with Crippen molar-refractivity contribution in [1.29, 1.82) is 0 Å². The third kappa shape index (κ3) is 2.96. The molecule has 0 spiro atoms. The molecule has 3 aromatic rings. The zero-order valence-corrected chi connectivity index (χ0v) is 12.4. The summed E-state index contributed by atoms with van der Waals surface area (Å²) in [5.41, 5.74) is 6.43. The van der Waals surface area contributed by atoms with Crippen molar-refractivity contribution in [1.82, 2.24) is 9.97 Å². The highest BCUT2D eigenvalue weighted by Crippen LogP contribution is 2.24. The number of para-hydroxylation sites is 1. The van der Waals surface area contributed by atoms with E-state index in [-0.39, 0.29) is 5.56 Å². The second-order valence-electron chi connectivity index (χ2n) is 4.35. The van der Waals surface area contributed by atoms with E-state index in [4.69, 9.17) is 17.3 Å². The van der Waals surface area contributed by atoms with Gasteiger partial charge in [-0.2, -0.15) is 0 Å². The summed E-state index contributed by atoms with van der Waals surface area (Å²) < 4.78 is 1.14. The molecule has 106 valence electrons. The van der Waals surface area contributed by atoms with Crippen LogP contribution >= 0.6 is 22.9 Å². The van der Waals surface area contributed by atoms with E-state index in [1.54, 1.807) is 11.3 Å². The first-order valence-corrected chi connectivity index (χ1v) is 7.36. The lowest BCUT2D eigenvalue weighted by molar-refractivity contribution is 0.1000. The Morgan fingerprint density at radius 1 is 1.38 bits per heavy atom. The van der Waals surface area contributed by atoms with Crippen molar-refractivity contribution >= 4 is 44.9 Å². The summed E-state index contributed by atoms with van der Waals surface area (Å²) in [5.74, 6) is -0.0527.